The lowest BCUT2D eigenvalue weighted by atomic mass is 10.2. The molecule has 0 aromatic heterocycles. The molecule has 0 saturated heterocycles. The van der Waals surface area contributed by atoms with Crippen LogP contribution in [0.25, 0.3) is 0 Å². The molecule has 0 fully saturated rings. The molecule has 1 N–H and O–H groups in total. The fraction of sp³-hybridized carbons (Fsp3) is 0.263. The van der Waals surface area contributed by atoms with Crippen LogP contribution in [0.15, 0.2) is 40.6 Å². The first-order valence-electron chi connectivity index (χ1n) is 8.16. The number of hydrogen-bond donors (Lipinski definition) is 1. The number of nitrogens with zero attached hydrogens (tertiary/aromatic N) is 2. The van der Waals surface area contributed by atoms with Gasteiger partial charge in [-0.25, -0.2) is 0 Å². The molecular formula is C19H19Cl2N3O4. The number of nitrogens with one attached hydrogen (secondary N) is 1. The van der Waals surface area contributed by atoms with Crippen LogP contribution in [0, 0.1) is 6.92 Å². The minimum absolute atomic E-state index is 0.218. The SMILES string of the molecule is COc1cc(Cl)c(NC(=O)C(N=Nc2cc(Cl)ccc2C)C(C)=O)cc1OC. The molecule has 0 spiro atoms. The number of rotatable bonds is 7. The lowest BCUT2D eigenvalue weighted by Crippen LogP contribution is -2.32. The van der Waals surface area contributed by atoms with Crippen molar-refractivity contribution in [3.63, 3.8) is 0 Å². The zero-order valence-corrected chi connectivity index (χ0v) is 17.3. The summed E-state index contributed by atoms with van der Waals surface area (Å²) in [5.74, 6) is -0.370. The van der Waals surface area contributed by atoms with Gasteiger partial charge >= 0.3 is 0 Å². The van der Waals surface area contributed by atoms with Gasteiger partial charge in [-0.2, -0.15) is 10.2 Å². The zero-order chi connectivity index (χ0) is 20.8. The molecule has 1 unspecified atom stereocenters. The molecule has 7 nitrogen and oxygen atoms in total. The molecule has 2 aromatic carbocycles. The summed E-state index contributed by atoms with van der Waals surface area (Å²) in [6.07, 6.45) is 0. The Morgan fingerprint density at radius 2 is 1.71 bits per heavy atom. The Morgan fingerprint density at radius 3 is 2.32 bits per heavy atom. The summed E-state index contributed by atoms with van der Waals surface area (Å²) < 4.78 is 10.3. The number of benzene rings is 2. The van der Waals surface area contributed by atoms with Crippen LogP contribution in [0.5, 0.6) is 11.5 Å². The Hall–Kier alpha value is -2.64. The molecule has 2 aromatic rings. The van der Waals surface area contributed by atoms with Gasteiger partial charge in [-0.05, 0) is 31.5 Å². The number of ether oxygens (including phenoxy) is 2. The Kier molecular flexibility index (Phi) is 7.37. The van der Waals surface area contributed by atoms with Crippen LogP contribution in [-0.4, -0.2) is 32.0 Å². The number of hydrogen-bond acceptors (Lipinski definition) is 6. The van der Waals surface area contributed by atoms with Crippen molar-refractivity contribution in [2.45, 2.75) is 19.9 Å². The van der Waals surface area contributed by atoms with Gasteiger partial charge in [0.15, 0.2) is 17.3 Å². The predicted octanol–water partition coefficient (Wildman–Crippen LogP) is 5.00. The van der Waals surface area contributed by atoms with Crippen molar-refractivity contribution in [2.75, 3.05) is 19.5 Å². The number of carbonyl (C=O) groups is 2. The minimum Gasteiger partial charge on any atom is -0.493 e. The molecule has 0 bridgehead atoms. The van der Waals surface area contributed by atoms with E-state index in [9.17, 15) is 9.59 Å². The van der Waals surface area contributed by atoms with Gasteiger partial charge in [-0.3, -0.25) is 9.59 Å². The van der Waals surface area contributed by atoms with Gasteiger partial charge in [0.05, 0.1) is 30.6 Å². The van der Waals surface area contributed by atoms with Crippen molar-refractivity contribution in [3.05, 3.63) is 45.9 Å². The maximum atomic E-state index is 12.6. The molecule has 0 aliphatic carbocycles. The van der Waals surface area contributed by atoms with Crippen LogP contribution in [0.1, 0.15) is 12.5 Å². The van der Waals surface area contributed by atoms with Crippen LogP contribution in [-0.2, 0) is 9.59 Å². The van der Waals surface area contributed by atoms with E-state index in [-0.39, 0.29) is 10.7 Å². The second kappa shape index (κ2) is 9.52. The number of halogens is 2. The van der Waals surface area contributed by atoms with Crippen molar-refractivity contribution in [1.29, 1.82) is 0 Å². The summed E-state index contributed by atoms with van der Waals surface area (Å²) in [6, 6.07) is 6.72. The van der Waals surface area contributed by atoms with Gasteiger partial charge in [-0.1, -0.05) is 29.3 Å². The fourth-order valence-electron chi connectivity index (χ4n) is 2.28. The molecule has 1 amide bonds. The highest BCUT2D eigenvalue weighted by Crippen LogP contribution is 2.36. The molecular weight excluding hydrogens is 405 g/mol. The van der Waals surface area contributed by atoms with E-state index in [0.717, 1.165) is 5.56 Å². The van der Waals surface area contributed by atoms with E-state index in [4.69, 9.17) is 32.7 Å². The fourth-order valence-corrected chi connectivity index (χ4v) is 2.65. The van der Waals surface area contributed by atoms with E-state index in [0.29, 0.717) is 22.2 Å². The van der Waals surface area contributed by atoms with Crippen LogP contribution in [0.2, 0.25) is 10.0 Å². The predicted molar refractivity (Wildman–Crippen MR) is 108 cm³/mol. The minimum atomic E-state index is -1.34. The number of aryl methyl sites for hydroxylation is 1. The number of azo groups is 1. The smallest absolute Gasteiger partial charge is 0.258 e. The number of ketones is 1. The normalized spacial score (nSPS) is 11.9. The third-order valence-electron chi connectivity index (χ3n) is 3.82. The second-order valence-electron chi connectivity index (χ2n) is 5.84. The molecule has 0 saturated carbocycles. The Morgan fingerprint density at radius 1 is 1.07 bits per heavy atom. The maximum Gasteiger partial charge on any atom is 0.258 e. The number of anilines is 1. The number of Topliss-reactive ketones (excluding diaryl/α,β-unsaturated/α-hetero) is 1. The van der Waals surface area contributed by atoms with E-state index in [2.05, 4.69) is 15.5 Å². The van der Waals surface area contributed by atoms with Crippen molar-refractivity contribution in [2.24, 2.45) is 10.2 Å². The van der Waals surface area contributed by atoms with E-state index in [1.165, 1.54) is 33.3 Å². The third-order valence-corrected chi connectivity index (χ3v) is 4.36. The first kappa shape index (κ1) is 21.7. The first-order valence-corrected chi connectivity index (χ1v) is 8.92. The van der Waals surface area contributed by atoms with Gasteiger partial charge in [0.25, 0.3) is 5.91 Å². The van der Waals surface area contributed by atoms with Crippen molar-refractivity contribution < 1.29 is 19.1 Å². The number of methoxy groups -OCH3 is 2. The maximum absolute atomic E-state index is 12.6. The van der Waals surface area contributed by atoms with Crippen molar-refractivity contribution in [1.82, 2.24) is 0 Å². The van der Waals surface area contributed by atoms with E-state index in [1.807, 2.05) is 6.92 Å². The molecule has 0 radical (unpaired) electrons. The Balaban J connectivity index is 2.28. The zero-order valence-electron chi connectivity index (χ0n) is 15.7. The second-order valence-corrected chi connectivity index (χ2v) is 6.68. The summed E-state index contributed by atoms with van der Waals surface area (Å²) in [7, 11) is 2.92. The molecule has 148 valence electrons. The quantitative estimate of drug-likeness (QED) is 0.501. The van der Waals surface area contributed by atoms with E-state index in [1.54, 1.807) is 18.2 Å². The van der Waals surface area contributed by atoms with Gasteiger partial charge in [0.1, 0.15) is 0 Å². The molecule has 0 aliphatic heterocycles. The van der Waals surface area contributed by atoms with Gasteiger partial charge < -0.3 is 14.8 Å². The van der Waals surface area contributed by atoms with Crippen molar-refractivity contribution >= 4 is 46.3 Å². The average molecular weight is 424 g/mol. The summed E-state index contributed by atoms with van der Waals surface area (Å²) in [6.45, 7) is 3.07. The molecule has 9 heteroatoms. The van der Waals surface area contributed by atoms with Crippen LogP contribution in [0.3, 0.4) is 0 Å². The summed E-state index contributed by atoms with van der Waals surface area (Å²) in [5, 5.41) is 11.2. The highest BCUT2D eigenvalue weighted by Gasteiger charge is 2.24. The lowest BCUT2D eigenvalue weighted by Gasteiger charge is -2.14. The van der Waals surface area contributed by atoms with E-state index >= 15 is 0 Å². The summed E-state index contributed by atoms with van der Waals surface area (Å²) in [4.78, 5) is 24.5. The highest BCUT2D eigenvalue weighted by molar-refractivity contribution is 6.34. The van der Waals surface area contributed by atoms with Gasteiger partial charge in [-0.15, -0.1) is 0 Å². The van der Waals surface area contributed by atoms with E-state index < -0.39 is 17.7 Å². The third kappa shape index (κ3) is 5.21. The van der Waals surface area contributed by atoms with Gasteiger partial charge in [0, 0.05) is 17.2 Å². The van der Waals surface area contributed by atoms with Gasteiger partial charge in [0.2, 0.25) is 6.04 Å². The van der Waals surface area contributed by atoms with Crippen LogP contribution >= 0.6 is 23.2 Å². The summed E-state index contributed by atoms with van der Waals surface area (Å²) in [5.41, 5.74) is 1.53. The molecule has 28 heavy (non-hydrogen) atoms. The van der Waals surface area contributed by atoms with Crippen LogP contribution in [0.4, 0.5) is 11.4 Å². The molecule has 0 heterocycles. The van der Waals surface area contributed by atoms with Crippen LogP contribution < -0.4 is 14.8 Å². The topological polar surface area (TPSA) is 89.4 Å². The first-order chi connectivity index (χ1) is 13.3. The van der Waals surface area contributed by atoms with Crippen molar-refractivity contribution in [3.8, 4) is 11.5 Å². The molecule has 2 rings (SSSR count). The highest BCUT2D eigenvalue weighted by atomic mass is 35.5. The monoisotopic (exact) mass is 423 g/mol. The average Bonchev–Trinajstić information content (AvgIpc) is 2.65. The largest absolute Gasteiger partial charge is 0.493 e. The molecule has 0 aliphatic rings. The number of amides is 1. The number of carbonyl (C=O) groups excluding carboxylic acids is 2. The standard InChI is InChI=1S/C19H19Cl2N3O4/c1-10-5-6-12(20)7-14(10)23-24-18(11(2)25)19(26)22-15-9-17(28-4)16(27-3)8-13(15)21/h5-9,18H,1-4H3,(H,22,26). The Labute approximate surface area is 172 Å². The summed E-state index contributed by atoms with van der Waals surface area (Å²) >= 11 is 12.1. The molecule has 1 atom stereocenters. The Bertz CT molecular complexity index is 932. The lowest BCUT2D eigenvalue weighted by molar-refractivity contribution is -0.126.